The quantitative estimate of drug-likeness (QED) is 0.289. The minimum Gasteiger partial charge on any atom is -0.490 e. The van der Waals surface area contributed by atoms with E-state index < -0.39 is 27.3 Å². The van der Waals surface area contributed by atoms with Gasteiger partial charge in [-0.1, -0.05) is 36.7 Å². The van der Waals surface area contributed by atoms with E-state index in [-0.39, 0.29) is 29.2 Å². The Hall–Kier alpha value is -2.81. The van der Waals surface area contributed by atoms with E-state index >= 15 is 0 Å². The van der Waals surface area contributed by atoms with Crippen LogP contribution >= 0.6 is 11.6 Å². The van der Waals surface area contributed by atoms with E-state index in [0.717, 1.165) is 42.8 Å². The summed E-state index contributed by atoms with van der Waals surface area (Å²) in [4.78, 5) is 15.6. The number of hydrogen-bond acceptors (Lipinski definition) is 6. The zero-order valence-corrected chi connectivity index (χ0v) is 26.5. The Labute approximate surface area is 261 Å². The number of aliphatic hydroxyl groups is 1. The number of aliphatic hydroxyl groups excluding tert-OH is 1. The highest BCUT2D eigenvalue weighted by Gasteiger charge is 2.44. The van der Waals surface area contributed by atoms with E-state index in [2.05, 4.69) is 34.9 Å². The van der Waals surface area contributed by atoms with Gasteiger partial charge in [0.2, 0.25) is 10.0 Å². The van der Waals surface area contributed by atoms with Gasteiger partial charge in [-0.25, -0.2) is 13.1 Å². The molecule has 232 valence electrons. The van der Waals surface area contributed by atoms with E-state index in [1.54, 1.807) is 37.3 Å². The lowest BCUT2D eigenvalue weighted by Gasteiger charge is -2.45. The van der Waals surface area contributed by atoms with Crippen molar-refractivity contribution < 1.29 is 23.1 Å². The van der Waals surface area contributed by atoms with Crippen LogP contribution in [-0.4, -0.2) is 50.5 Å². The highest BCUT2D eigenvalue weighted by Crippen LogP contribution is 2.46. The predicted octanol–water partition coefficient (Wildman–Crippen LogP) is 6.19. The zero-order valence-electron chi connectivity index (χ0n) is 24.9. The molecule has 0 saturated heterocycles. The van der Waals surface area contributed by atoms with Gasteiger partial charge in [0, 0.05) is 29.1 Å². The van der Waals surface area contributed by atoms with E-state index in [1.807, 2.05) is 6.07 Å². The third kappa shape index (κ3) is 6.52. The number of nitrogens with zero attached hydrogens (tertiary/aromatic N) is 1. The molecule has 0 aromatic heterocycles. The number of benzene rings is 2. The smallest absolute Gasteiger partial charge is 0.264 e. The van der Waals surface area contributed by atoms with Crippen molar-refractivity contribution in [1.82, 2.24) is 4.72 Å². The summed E-state index contributed by atoms with van der Waals surface area (Å²) in [6.45, 7) is 11.1. The number of allylic oxidation sites excluding steroid dienone is 1. The molecule has 1 saturated carbocycles. The molecule has 1 heterocycles. The predicted molar refractivity (Wildman–Crippen MR) is 173 cm³/mol. The standard InChI is InChI=1S/C34H43ClN2O5S/c1-4-8-27(6-3)43(40,41)36-33(39)24-12-16-32-30(19-24)37(20-25-11-14-28(25)31(38)9-5-2)21-34(22-42-32)17-7-10-23-18-26(35)13-15-29(23)34/h4-5,12-13,15-16,18-19,25,27-28,31,38H,1-2,6-11,14,17,20-22H2,3H3,(H,36,39)/t25-,27?,28+,31?,34-/m0/s1. The number of ether oxygens (including phenoxy) is 1. The fourth-order valence-corrected chi connectivity index (χ4v) is 8.75. The van der Waals surface area contributed by atoms with Gasteiger partial charge in [0.1, 0.15) is 5.75 Å². The molecule has 1 aliphatic heterocycles. The molecule has 0 radical (unpaired) electrons. The molecule has 1 fully saturated rings. The number of nitrogens with one attached hydrogen (secondary N) is 1. The molecule has 2 aromatic rings. The number of amides is 1. The summed E-state index contributed by atoms with van der Waals surface area (Å²) in [5.74, 6) is 0.447. The second kappa shape index (κ2) is 13.0. The molecule has 9 heteroatoms. The van der Waals surface area contributed by atoms with Crippen LogP contribution in [0.15, 0.2) is 61.7 Å². The molecule has 7 nitrogen and oxygen atoms in total. The Morgan fingerprint density at radius 3 is 2.70 bits per heavy atom. The fraction of sp³-hybridized carbons (Fsp3) is 0.500. The van der Waals surface area contributed by atoms with Crippen LogP contribution in [0.4, 0.5) is 5.69 Å². The molecule has 2 aliphatic carbocycles. The van der Waals surface area contributed by atoms with E-state index in [4.69, 9.17) is 16.3 Å². The number of fused-ring (bicyclic) bond motifs is 3. The van der Waals surface area contributed by atoms with Crippen molar-refractivity contribution in [2.45, 2.75) is 75.1 Å². The van der Waals surface area contributed by atoms with Crippen molar-refractivity contribution in [2.24, 2.45) is 11.8 Å². The van der Waals surface area contributed by atoms with Gasteiger partial charge in [-0.2, -0.15) is 0 Å². The number of anilines is 1. The maximum Gasteiger partial charge on any atom is 0.264 e. The molecule has 43 heavy (non-hydrogen) atoms. The van der Waals surface area contributed by atoms with E-state index in [1.165, 1.54) is 11.1 Å². The number of carbonyl (C=O) groups excluding carboxylic acids is 1. The summed E-state index contributed by atoms with van der Waals surface area (Å²) in [7, 11) is -3.88. The zero-order chi connectivity index (χ0) is 30.8. The van der Waals surface area contributed by atoms with Crippen LogP contribution in [0.3, 0.4) is 0 Å². The van der Waals surface area contributed by atoms with Crippen LogP contribution in [-0.2, 0) is 21.9 Å². The molecular weight excluding hydrogens is 584 g/mol. The summed E-state index contributed by atoms with van der Waals surface area (Å²) in [6, 6.07) is 11.3. The van der Waals surface area contributed by atoms with E-state index in [0.29, 0.717) is 38.3 Å². The average Bonchev–Trinajstić information content (AvgIpc) is 3.10. The van der Waals surface area contributed by atoms with Crippen LogP contribution in [0.1, 0.15) is 73.4 Å². The Morgan fingerprint density at radius 2 is 2.00 bits per heavy atom. The number of rotatable bonds is 11. The van der Waals surface area contributed by atoms with Crippen LogP contribution in [0.2, 0.25) is 5.02 Å². The van der Waals surface area contributed by atoms with Crippen molar-refractivity contribution in [2.75, 3.05) is 24.6 Å². The summed E-state index contributed by atoms with van der Waals surface area (Å²) in [5, 5.41) is 10.8. The average molecular weight is 627 g/mol. The molecule has 5 atom stereocenters. The number of halogens is 1. The first kappa shape index (κ1) is 31.6. The minimum atomic E-state index is -3.88. The van der Waals surface area contributed by atoms with Crippen molar-refractivity contribution in [3.63, 3.8) is 0 Å². The monoisotopic (exact) mass is 626 g/mol. The first-order valence-corrected chi connectivity index (χ1v) is 17.3. The highest BCUT2D eigenvalue weighted by molar-refractivity contribution is 7.90. The maximum absolute atomic E-state index is 13.3. The molecule has 1 spiro atoms. The lowest BCUT2D eigenvalue weighted by molar-refractivity contribution is 0.0178. The van der Waals surface area contributed by atoms with Gasteiger partial charge >= 0.3 is 0 Å². The van der Waals surface area contributed by atoms with Gasteiger partial charge in [0.15, 0.2) is 0 Å². The van der Waals surface area contributed by atoms with Gasteiger partial charge in [0.05, 0.1) is 23.6 Å². The molecule has 2 unspecified atom stereocenters. The van der Waals surface area contributed by atoms with Gasteiger partial charge in [0.25, 0.3) is 5.91 Å². The Kier molecular flexibility index (Phi) is 9.59. The topological polar surface area (TPSA) is 95.9 Å². The summed E-state index contributed by atoms with van der Waals surface area (Å²) in [5.41, 5.74) is 3.24. The van der Waals surface area contributed by atoms with Crippen LogP contribution in [0.5, 0.6) is 5.75 Å². The third-order valence-electron chi connectivity index (χ3n) is 9.69. The number of aryl methyl sites for hydroxylation is 1. The first-order chi connectivity index (χ1) is 20.6. The molecule has 3 aliphatic rings. The second-order valence-electron chi connectivity index (χ2n) is 12.4. The minimum absolute atomic E-state index is 0.173. The van der Waals surface area contributed by atoms with Crippen molar-refractivity contribution >= 4 is 33.2 Å². The molecule has 2 N–H and O–H groups in total. The third-order valence-corrected chi connectivity index (χ3v) is 11.8. The normalized spacial score (nSPS) is 24.4. The second-order valence-corrected chi connectivity index (χ2v) is 14.8. The molecule has 2 aromatic carbocycles. The molecule has 5 rings (SSSR count). The van der Waals surface area contributed by atoms with Gasteiger partial charge in [-0.05, 0) is 105 Å². The van der Waals surface area contributed by atoms with Gasteiger partial charge < -0.3 is 14.7 Å². The van der Waals surface area contributed by atoms with Crippen LogP contribution < -0.4 is 14.4 Å². The summed E-state index contributed by atoms with van der Waals surface area (Å²) in [6.07, 6.45) is 8.98. The number of carbonyl (C=O) groups is 1. The highest BCUT2D eigenvalue weighted by atomic mass is 35.5. The largest absolute Gasteiger partial charge is 0.490 e. The van der Waals surface area contributed by atoms with Gasteiger partial charge in [-0.3, -0.25) is 4.79 Å². The maximum atomic E-state index is 13.3. The van der Waals surface area contributed by atoms with Gasteiger partial charge in [-0.15, -0.1) is 13.2 Å². The molecule has 1 amide bonds. The SMILES string of the molecule is C=CCC(O)[C@@H]1CC[C@H]1CN1C[C@@]2(CCCc3cc(Cl)ccc32)COc2ccc(C(=O)NS(=O)(=O)C(CC)CC=C)cc21. The molecule has 0 bridgehead atoms. The Bertz CT molecular complexity index is 1480. The summed E-state index contributed by atoms with van der Waals surface area (Å²) >= 11 is 6.39. The van der Waals surface area contributed by atoms with Crippen molar-refractivity contribution in [1.29, 1.82) is 0 Å². The van der Waals surface area contributed by atoms with Crippen molar-refractivity contribution in [3.8, 4) is 5.75 Å². The fourth-order valence-electron chi connectivity index (χ4n) is 7.18. The Morgan fingerprint density at radius 1 is 1.21 bits per heavy atom. The number of sulfonamides is 1. The molecular formula is C34H43ClN2O5S. The lowest BCUT2D eigenvalue weighted by Crippen LogP contribution is -2.49. The Balaban J connectivity index is 1.50. The van der Waals surface area contributed by atoms with E-state index in [9.17, 15) is 18.3 Å². The first-order valence-electron chi connectivity index (χ1n) is 15.4. The van der Waals surface area contributed by atoms with Crippen LogP contribution in [0.25, 0.3) is 0 Å². The lowest BCUT2D eigenvalue weighted by atomic mass is 9.68. The van der Waals surface area contributed by atoms with Crippen molar-refractivity contribution in [3.05, 3.63) is 83.4 Å². The number of hydrogen-bond donors (Lipinski definition) is 2. The van der Waals surface area contributed by atoms with Crippen LogP contribution in [0, 0.1) is 11.8 Å². The summed E-state index contributed by atoms with van der Waals surface area (Å²) < 4.78 is 34.8.